The minimum absolute atomic E-state index is 0.0772. The smallest absolute Gasteiger partial charge is 0.416 e. The third-order valence-electron chi connectivity index (χ3n) is 3.33. The van der Waals surface area contributed by atoms with Crippen LogP contribution in [0, 0.1) is 0 Å². The Balaban J connectivity index is 3.25. The van der Waals surface area contributed by atoms with E-state index in [0.717, 1.165) is 17.1 Å². The van der Waals surface area contributed by atoms with Gasteiger partial charge in [0.1, 0.15) is 0 Å². The lowest BCUT2D eigenvalue weighted by atomic mass is 10.1. The van der Waals surface area contributed by atoms with Gasteiger partial charge in [-0.2, -0.15) is 13.2 Å². The molecule has 0 fully saturated rings. The second kappa shape index (κ2) is 8.55. The van der Waals surface area contributed by atoms with Crippen LogP contribution < -0.4 is 5.01 Å². The Bertz CT molecular complexity index is 644. The van der Waals surface area contributed by atoms with Crippen molar-refractivity contribution in [2.24, 2.45) is 0 Å². The predicted octanol–water partition coefficient (Wildman–Crippen LogP) is 3.76. The van der Waals surface area contributed by atoms with Crippen molar-refractivity contribution in [2.45, 2.75) is 32.9 Å². The number of nitrogens with zero attached hydrogens (tertiary/aromatic N) is 2. The van der Waals surface area contributed by atoms with Crippen LogP contribution in [0.4, 0.5) is 18.9 Å². The number of hydrogen-bond donors (Lipinski definition) is 0. The number of carbonyl (C=O) groups is 2. The molecule has 25 heavy (non-hydrogen) atoms. The fourth-order valence-corrected chi connectivity index (χ4v) is 2.18. The van der Waals surface area contributed by atoms with E-state index in [1.807, 2.05) is 0 Å². The van der Waals surface area contributed by atoms with Crippen molar-refractivity contribution in [3.63, 3.8) is 0 Å². The molecule has 1 amide bonds. The summed E-state index contributed by atoms with van der Waals surface area (Å²) in [5.41, 5.74) is -0.660. The summed E-state index contributed by atoms with van der Waals surface area (Å²) in [7, 11) is 1.41. The highest BCUT2D eigenvalue weighted by molar-refractivity contribution is 5.80. The minimum Gasteiger partial charge on any atom is -0.466 e. The van der Waals surface area contributed by atoms with E-state index >= 15 is 0 Å². The van der Waals surface area contributed by atoms with Gasteiger partial charge in [-0.1, -0.05) is 19.6 Å². The minimum atomic E-state index is -4.53. The first-order valence-electron chi connectivity index (χ1n) is 7.69. The van der Waals surface area contributed by atoms with E-state index in [0.29, 0.717) is 0 Å². The Labute approximate surface area is 144 Å². The van der Waals surface area contributed by atoms with Crippen molar-refractivity contribution < 1.29 is 27.5 Å². The first-order chi connectivity index (χ1) is 11.6. The molecule has 0 radical (unpaired) electrons. The van der Waals surface area contributed by atoms with E-state index < -0.39 is 17.7 Å². The van der Waals surface area contributed by atoms with Crippen LogP contribution >= 0.6 is 0 Å². The topological polar surface area (TPSA) is 49.9 Å². The molecule has 1 aromatic rings. The maximum absolute atomic E-state index is 13.0. The van der Waals surface area contributed by atoms with Crippen molar-refractivity contribution in [3.8, 4) is 0 Å². The highest BCUT2D eigenvalue weighted by Gasteiger charge is 2.32. The van der Waals surface area contributed by atoms with Gasteiger partial charge >= 0.3 is 12.1 Å². The highest BCUT2D eigenvalue weighted by atomic mass is 19.4. The maximum atomic E-state index is 13.0. The van der Waals surface area contributed by atoms with Gasteiger partial charge in [-0.25, -0.2) is 0 Å². The lowest BCUT2D eigenvalue weighted by Gasteiger charge is -2.35. The van der Waals surface area contributed by atoms with Crippen molar-refractivity contribution in [3.05, 3.63) is 42.1 Å². The zero-order valence-electron chi connectivity index (χ0n) is 14.4. The Hall–Kier alpha value is -2.51. The zero-order valence-corrected chi connectivity index (χ0v) is 14.4. The van der Waals surface area contributed by atoms with Crippen LogP contribution in [-0.2, 0) is 20.5 Å². The van der Waals surface area contributed by atoms with Crippen molar-refractivity contribution in [1.82, 2.24) is 5.01 Å². The summed E-state index contributed by atoms with van der Waals surface area (Å²) in [6.45, 7) is 7.16. The number of benzene rings is 1. The summed E-state index contributed by atoms with van der Waals surface area (Å²) in [6, 6.07) is 4.46. The number of ether oxygens (including phenoxy) is 1. The molecule has 0 bridgehead atoms. The summed E-state index contributed by atoms with van der Waals surface area (Å²) >= 11 is 0. The van der Waals surface area contributed by atoms with Gasteiger partial charge in [-0.15, -0.1) is 0 Å². The second-order valence-corrected chi connectivity index (χ2v) is 5.18. The van der Waals surface area contributed by atoms with Gasteiger partial charge in [0.25, 0.3) is 0 Å². The maximum Gasteiger partial charge on any atom is 0.416 e. The van der Waals surface area contributed by atoms with Crippen LogP contribution in [0.2, 0.25) is 0 Å². The molecule has 1 aromatic carbocycles. The third kappa shape index (κ3) is 5.51. The zero-order chi connectivity index (χ0) is 19.2. The molecule has 0 aromatic heterocycles. The molecule has 5 nitrogen and oxygen atoms in total. The fraction of sp³-hybridized carbons (Fsp3) is 0.412. The predicted molar refractivity (Wildman–Crippen MR) is 87.4 cm³/mol. The number of hydrogen-bond acceptors (Lipinski definition) is 4. The largest absolute Gasteiger partial charge is 0.466 e. The molecule has 0 N–H and O–H groups in total. The quantitative estimate of drug-likeness (QED) is 0.550. The molecule has 0 heterocycles. The van der Waals surface area contributed by atoms with E-state index in [-0.39, 0.29) is 36.7 Å². The molecule has 0 aliphatic rings. The molecule has 8 heteroatoms. The summed E-state index contributed by atoms with van der Waals surface area (Å²) < 4.78 is 43.8. The number of anilines is 1. The molecule has 0 atom stereocenters. The molecule has 0 saturated carbocycles. The molecule has 0 spiro atoms. The second-order valence-electron chi connectivity index (χ2n) is 5.18. The van der Waals surface area contributed by atoms with Gasteiger partial charge in [0.2, 0.25) is 5.91 Å². The van der Waals surface area contributed by atoms with Crippen LogP contribution in [0.1, 0.15) is 32.3 Å². The molecular formula is C17H21F3N2O3. The Kier molecular flexibility index (Phi) is 7.02. The lowest BCUT2D eigenvalue weighted by Crippen LogP contribution is -2.43. The number of esters is 1. The Morgan fingerprint density at radius 1 is 1.24 bits per heavy atom. The number of hydrazine groups is 1. The number of amides is 1. The first-order valence-corrected chi connectivity index (χ1v) is 7.69. The van der Waals surface area contributed by atoms with Crippen molar-refractivity contribution >= 4 is 17.6 Å². The summed E-state index contributed by atoms with van der Waals surface area (Å²) in [5.74, 6) is -0.927. The average molecular weight is 358 g/mol. The summed E-state index contributed by atoms with van der Waals surface area (Å²) in [4.78, 5) is 23.7. The van der Waals surface area contributed by atoms with Gasteiger partial charge in [0.05, 0.1) is 24.3 Å². The van der Waals surface area contributed by atoms with Gasteiger partial charge in [0, 0.05) is 19.2 Å². The van der Waals surface area contributed by atoms with Crippen LogP contribution in [0.15, 0.2) is 36.5 Å². The molecule has 138 valence electrons. The van der Waals surface area contributed by atoms with Crippen LogP contribution in [0.25, 0.3) is 0 Å². The Morgan fingerprint density at radius 3 is 2.40 bits per heavy atom. The molecule has 0 aliphatic carbocycles. The summed E-state index contributed by atoms with van der Waals surface area (Å²) in [5, 5.41) is 2.33. The third-order valence-corrected chi connectivity index (χ3v) is 3.33. The normalized spacial score (nSPS) is 11.0. The molecule has 0 unspecified atom stereocenters. The van der Waals surface area contributed by atoms with E-state index in [4.69, 9.17) is 4.74 Å². The highest BCUT2D eigenvalue weighted by Crippen LogP contribution is 2.33. The SMILES string of the molecule is C=C(CC(=O)OCC)N(c1cccc(C(F)(F)F)c1)N(C)C(=O)CC. The lowest BCUT2D eigenvalue weighted by molar-refractivity contribution is -0.142. The number of halogens is 3. The van der Waals surface area contributed by atoms with Crippen LogP contribution in [-0.4, -0.2) is 30.5 Å². The molecule has 0 saturated heterocycles. The number of rotatable bonds is 7. The first kappa shape index (κ1) is 20.5. The molecule has 0 aliphatic heterocycles. The van der Waals surface area contributed by atoms with E-state index in [2.05, 4.69) is 6.58 Å². The van der Waals surface area contributed by atoms with Gasteiger partial charge in [0.15, 0.2) is 0 Å². The van der Waals surface area contributed by atoms with E-state index in [9.17, 15) is 22.8 Å². The van der Waals surface area contributed by atoms with Crippen LogP contribution in [0.3, 0.4) is 0 Å². The molecule has 1 rings (SSSR count). The van der Waals surface area contributed by atoms with Gasteiger partial charge in [-0.3, -0.25) is 19.6 Å². The number of alkyl halides is 3. The Morgan fingerprint density at radius 2 is 1.88 bits per heavy atom. The monoisotopic (exact) mass is 358 g/mol. The molecular weight excluding hydrogens is 337 g/mol. The van der Waals surface area contributed by atoms with Gasteiger partial charge in [-0.05, 0) is 25.1 Å². The summed E-state index contributed by atoms with van der Waals surface area (Å²) in [6.07, 6.45) is -4.65. The number of carbonyl (C=O) groups excluding carboxylic acids is 2. The van der Waals surface area contributed by atoms with Crippen molar-refractivity contribution in [2.75, 3.05) is 18.7 Å². The average Bonchev–Trinajstić information content (AvgIpc) is 2.53. The van der Waals surface area contributed by atoms with Crippen molar-refractivity contribution in [1.29, 1.82) is 0 Å². The van der Waals surface area contributed by atoms with E-state index in [1.165, 1.54) is 24.2 Å². The van der Waals surface area contributed by atoms with Gasteiger partial charge < -0.3 is 4.74 Å². The fourth-order valence-electron chi connectivity index (χ4n) is 2.18. The van der Waals surface area contributed by atoms with E-state index in [1.54, 1.807) is 13.8 Å². The van der Waals surface area contributed by atoms with Crippen LogP contribution in [0.5, 0.6) is 0 Å². The standard InChI is InChI=1S/C17H21F3N2O3/c1-5-15(23)21(4)22(12(3)10-16(24)25-6-2)14-9-7-8-13(11-14)17(18,19)20/h7-9,11H,3,5-6,10H2,1-2,4H3.